The van der Waals surface area contributed by atoms with Crippen molar-refractivity contribution >= 4 is 61.7 Å². The Bertz CT molecular complexity index is 1540. The van der Waals surface area contributed by atoms with Crippen LogP contribution in [-0.4, -0.2) is 64.6 Å². The molecule has 4 aromatic rings. The van der Waals surface area contributed by atoms with Crippen molar-refractivity contribution in [3.05, 3.63) is 77.3 Å². The molecule has 3 N–H and O–H groups in total. The Morgan fingerprint density at radius 1 is 0.976 bits per heavy atom. The van der Waals surface area contributed by atoms with Gasteiger partial charge in [-0.05, 0) is 68.5 Å². The number of halogens is 4. The first kappa shape index (κ1) is 32.5. The van der Waals surface area contributed by atoms with Gasteiger partial charge in [-0.15, -0.1) is 0 Å². The number of rotatable bonds is 10. The van der Waals surface area contributed by atoms with Crippen molar-refractivity contribution in [1.82, 2.24) is 9.88 Å². The summed E-state index contributed by atoms with van der Waals surface area (Å²) in [6, 6.07) is 20.9. The first-order valence-electron chi connectivity index (χ1n) is 12.5. The minimum Gasteiger partial charge on any atom is -0.481 e. The monoisotopic (exact) mass is 621 g/mol. The van der Waals surface area contributed by atoms with Gasteiger partial charge in [-0.3, -0.25) is 9.59 Å². The van der Waals surface area contributed by atoms with E-state index in [9.17, 15) is 27.9 Å². The van der Waals surface area contributed by atoms with Crippen molar-refractivity contribution in [2.45, 2.75) is 19.0 Å². The number of hydrogen-bond acceptors (Lipinski definition) is 7. The third kappa shape index (κ3) is 9.54. The minimum atomic E-state index is -5.08. The van der Waals surface area contributed by atoms with Crippen molar-refractivity contribution in [3.63, 3.8) is 0 Å². The molecule has 0 radical (unpaired) electrons. The molecule has 1 atom stereocenters. The lowest BCUT2D eigenvalue weighted by atomic mass is 9.94. The van der Waals surface area contributed by atoms with E-state index in [1.165, 1.54) is 0 Å². The average Bonchev–Trinajstić information content (AvgIpc) is 3.32. The van der Waals surface area contributed by atoms with Crippen LogP contribution >= 0.6 is 22.9 Å². The molecule has 1 aromatic heterocycles. The summed E-state index contributed by atoms with van der Waals surface area (Å²) >= 11 is 7.61. The Balaban J connectivity index is 0.000000616. The van der Waals surface area contributed by atoms with Crippen LogP contribution < -0.4 is 5.32 Å². The van der Waals surface area contributed by atoms with E-state index in [0.29, 0.717) is 23.6 Å². The molecule has 0 aliphatic heterocycles. The molecule has 42 heavy (non-hydrogen) atoms. The number of alkyl halides is 3. The molecule has 3 aromatic carbocycles. The highest BCUT2D eigenvalue weighted by Crippen LogP contribution is 2.31. The highest BCUT2D eigenvalue weighted by molar-refractivity contribution is 7.22. The molecule has 0 bridgehead atoms. The van der Waals surface area contributed by atoms with Crippen molar-refractivity contribution in [2.75, 3.05) is 26.0 Å². The Kier molecular flexibility index (Phi) is 11.0. The minimum absolute atomic E-state index is 0.000851. The van der Waals surface area contributed by atoms with E-state index < -0.39 is 24.0 Å². The fourth-order valence-corrected chi connectivity index (χ4v) is 4.90. The molecule has 13 heteroatoms. The number of carboxylic acid groups (broad SMARTS) is 2. The third-order valence-electron chi connectivity index (χ3n) is 5.98. The molecule has 4 rings (SSSR count). The molecule has 0 spiro atoms. The van der Waals surface area contributed by atoms with Crippen LogP contribution in [0.1, 0.15) is 23.2 Å². The number of aromatic nitrogens is 1. The number of benzene rings is 3. The highest BCUT2D eigenvalue weighted by Gasteiger charge is 2.38. The molecule has 0 amide bonds. The average molecular weight is 622 g/mol. The molecule has 0 aliphatic rings. The van der Waals surface area contributed by atoms with Gasteiger partial charge in [0, 0.05) is 22.7 Å². The van der Waals surface area contributed by atoms with Gasteiger partial charge in [-0.25, -0.2) is 9.78 Å². The second-order valence-corrected chi connectivity index (χ2v) is 10.9. The standard InChI is InChI=1S/C27H26ClN3O3S.C2HF3O2/c1-31(2)14-13-20(26(33)34)15-24(32)19-5-3-17(4-6-19)18-7-10-22(11-8-18)29-27-30-23-12-9-21(28)16-25(23)35-27;3-2(4,5)1(6)7/h3-12,16,20H,13-15H2,1-2H3,(H,29,30)(H,33,34);(H,6,7). The van der Waals surface area contributed by atoms with E-state index >= 15 is 0 Å². The number of anilines is 2. The summed E-state index contributed by atoms with van der Waals surface area (Å²) in [5.74, 6) is -4.52. The van der Waals surface area contributed by atoms with E-state index in [4.69, 9.17) is 21.5 Å². The number of carbonyl (C=O) groups is 3. The topological polar surface area (TPSA) is 120 Å². The first-order valence-corrected chi connectivity index (χ1v) is 13.7. The fraction of sp³-hybridized carbons (Fsp3) is 0.241. The molecular formula is C29H27ClF3N3O5S. The maximum Gasteiger partial charge on any atom is 0.490 e. The second-order valence-electron chi connectivity index (χ2n) is 9.47. The fourth-order valence-electron chi connectivity index (χ4n) is 3.74. The summed E-state index contributed by atoms with van der Waals surface area (Å²) in [6.07, 6.45) is -4.64. The van der Waals surface area contributed by atoms with Crippen LogP contribution in [0.2, 0.25) is 5.02 Å². The Morgan fingerprint density at radius 2 is 1.55 bits per heavy atom. The summed E-state index contributed by atoms with van der Waals surface area (Å²) in [6.45, 7) is 0.626. The zero-order chi connectivity index (χ0) is 31.0. The summed E-state index contributed by atoms with van der Waals surface area (Å²) in [5.41, 5.74) is 4.34. The number of hydrogen-bond donors (Lipinski definition) is 3. The van der Waals surface area contributed by atoms with E-state index in [0.717, 1.165) is 32.2 Å². The van der Waals surface area contributed by atoms with Crippen molar-refractivity contribution in [2.24, 2.45) is 5.92 Å². The van der Waals surface area contributed by atoms with E-state index in [2.05, 4.69) is 10.3 Å². The normalized spacial score (nSPS) is 12.0. The molecule has 1 unspecified atom stereocenters. The molecule has 0 saturated heterocycles. The molecule has 1 heterocycles. The van der Waals surface area contributed by atoms with Crippen LogP contribution in [-0.2, 0) is 9.59 Å². The zero-order valence-corrected chi connectivity index (χ0v) is 24.1. The van der Waals surface area contributed by atoms with Crippen molar-refractivity contribution < 1.29 is 37.8 Å². The van der Waals surface area contributed by atoms with E-state index in [1.807, 2.05) is 73.6 Å². The number of nitrogens with zero attached hydrogens (tertiary/aromatic N) is 2. The quantitative estimate of drug-likeness (QED) is 0.159. The van der Waals surface area contributed by atoms with Gasteiger partial charge in [0.25, 0.3) is 0 Å². The van der Waals surface area contributed by atoms with E-state index in [-0.39, 0.29) is 12.2 Å². The number of thiazole rings is 1. The second kappa shape index (κ2) is 14.3. The number of carbonyl (C=O) groups excluding carboxylic acids is 1. The van der Waals surface area contributed by atoms with Gasteiger partial charge in [0.1, 0.15) is 0 Å². The van der Waals surface area contributed by atoms with Crippen molar-refractivity contribution in [1.29, 1.82) is 0 Å². The predicted octanol–water partition coefficient (Wildman–Crippen LogP) is 7.22. The van der Waals surface area contributed by atoms with Crippen LogP contribution in [0.15, 0.2) is 66.7 Å². The summed E-state index contributed by atoms with van der Waals surface area (Å²) in [7, 11) is 3.78. The van der Waals surface area contributed by atoms with Gasteiger partial charge >= 0.3 is 18.1 Å². The zero-order valence-electron chi connectivity index (χ0n) is 22.5. The van der Waals surface area contributed by atoms with Gasteiger partial charge in [-0.1, -0.05) is 59.3 Å². The van der Waals surface area contributed by atoms with Crippen LogP contribution in [0.4, 0.5) is 24.0 Å². The Hall–Kier alpha value is -4.00. The number of Topliss-reactive ketones (excluding diaryl/α,β-unsaturated/α-hetero) is 1. The number of aliphatic carboxylic acids is 2. The number of nitrogens with one attached hydrogen (secondary N) is 1. The molecule has 8 nitrogen and oxygen atoms in total. The summed E-state index contributed by atoms with van der Waals surface area (Å²) in [4.78, 5) is 39.6. The lowest BCUT2D eigenvalue weighted by Gasteiger charge is -2.15. The van der Waals surface area contributed by atoms with Crippen LogP contribution in [0.3, 0.4) is 0 Å². The van der Waals surface area contributed by atoms with Crippen molar-refractivity contribution in [3.8, 4) is 11.1 Å². The van der Waals surface area contributed by atoms with Gasteiger partial charge in [0.15, 0.2) is 10.9 Å². The summed E-state index contributed by atoms with van der Waals surface area (Å²) in [5, 5.41) is 21.4. The summed E-state index contributed by atoms with van der Waals surface area (Å²) < 4.78 is 32.8. The highest BCUT2D eigenvalue weighted by atomic mass is 35.5. The lowest BCUT2D eigenvalue weighted by Crippen LogP contribution is -2.23. The van der Waals surface area contributed by atoms with Gasteiger partial charge in [0.05, 0.1) is 16.1 Å². The van der Waals surface area contributed by atoms with Gasteiger partial charge in [0.2, 0.25) is 0 Å². The van der Waals surface area contributed by atoms with Gasteiger partial charge < -0.3 is 20.4 Å². The largest absolute Gasteiger partial charge is 0.490 e. The predicted molar refractivity (Wildman–Crippen MR) is 157 cm³/mol. The molecule has 0 saturated carbocycles. The lowest BCUT2D eigenvalue weighted by molar-refractivity contribution is -0.192. The number of fused-ring (bicyclic) bond motifs is 1. The maximum atomic E-state index is 12.7. The van der Waals surface area contributed by atoms with Crippen LogP contribution in [0.25, 0.3) is 21.3 Å². The first-order chi connectivity index (χ1) is 19.7. The van der Waals surface area contributed by atoms with E-state index in [1.54, 1.807) is 23.5 Å². The molecule has 0 aliphatic carbocycles. The number of ketones is 1. The molecule has 222 valence electrons. The molecular weight excluding hydrogens is 595 g/mol. The Morgan fingerprint density at radius 3 is 2.07 bits per heavy atom. The SMILES string of the molecule is CN(C)CCC(CC(=O)c1ccc(-c2ccc(Nc3nc4ccc(Cl)cc4s3)cc2)cc1)C(=O)O.O=C(O)C(F)(F)F. The maximum absolute atomic E-state index is 12.7. The smallest absolute Gasteiger partial charge is 0.481 e. The van der Waals surface area contributed by atoms with Gasteiger partial charge in [-0.2, -0.15) is 13.2 Å². The molecule has 0 fully saturated rings. The van der Waals surface area contributed by atoms with Crippen LogP contribution in [0, 0.1) is 5.92 Å². The number of carboxylic acids is 2. The van der Waals surface area contributed by atoms with Crippen LogP contribution in [0.5, 0.6) is 0 Å². The third-order valence-corrected chi connectivity index (χ3v) is 7.14. The Labute approximate surface area is 248 Å².